The number of hydrogen-bond acceptors (Lipinski definition) is 3. The van der Waals surface area contributed by atoms with Crippen LogP contribution in [0.4, 0.5) is 0 Å². The predicted molar refractivity (Wildman–Crippen MR) is 65.5 cm³/mol. The Morgan fingerprint density at radius 2 is 2.19 bits per heavy atom. The lowest BCUT2D eigenvalue weighted by atomic mass is 10.2. The Hall–Kier alpha value is -1.16. The maximum Gasteiger partial charge on any atom is 0.271 e. The average Bonchev–Trinajstić information content (AvgIpc) is 2.29. The average molecular weight is 223 g/mol. The molecule has 0 aliphatic rings. The fourth-order valence-corrected chi connectivity index (χ4v) is 1.51. The van der Waals surface area contributed by atoms with Crippen LogP contribution in [0, 0.1) is 6.92 Å². The number of hydrogen-bond donors (Lipinski definition) is 1. The van der Waals surface area contributed by atoms with E-state index in [0.29, 0.717) is 19.1 Å². The van der Waals surface area contributed by atoms with Crippen LogP contribution in [0.3, 0.4) is 0 Å². The molecule has 0 aliphatic carbocycles. The second-order valence-corrected chi connectivity index (χ2v) is 4.12. The van der Waals surface area contributed by atoms with Gasteiger partial charge in [-0.05, 0) is 33.3 Å². The Kier molecular flexibility index (Phi) is 4.68. The van der Waals surface area contributed by atoms with Gasteiger partial charge in [0.15, 0.2) is 0 Å². The molecular weight excluding hydrogens is 202 g/mol. The lowest BCUT2D eigenvalue weighted by Gasteiger charge is -2.12. The third kappa shape index (κ3) is 3.17. The zero-order chi connectivity index (χ0) is 12.1. The molecular formula is C12H21N3O. The molecule has 0 aliphatic heterocycles. The first-order valence-corrected chi connectivity index (χ1v) is 5.89. The van der Waals surface area contributed by atoms with Crippen molar-refractivity contribution < 1.29 is 0 Å². The van der Waals surface area contributed by atoms with Crippen molar-refractivity contribution in [3.63, 3.8) is 0 Å². The van der Waals surface area contributed by atoms with Gasteiger partial charge in [-0.1, -0.05) is 6.92 Å². The second-order valence-electron chi connectivity index (χ2n) is 4.12. The molecule has 1 heterocycles. The monoisotopic (exact) mass is 223 g/mol. The largest absolute Gasteiger partial charge is 0.310 e. The van der Waals surface area contributed by atoms with Crippen molar-refractivity contribution in [2.75, 3.05) is 0 Å². The van der Waals surface area contributed by atoms with Gasteiger partial charge < -0.3 is 5.32 Å². The van der Waals surface area contributed by atoms with Crippen LogP contribution in [0.1, 0.15) is 38.4 Å². The van der Waals surface area contributed by atoms with Crippen LogP contribution >= 0.6 is 0 Å². The summed E-state index contributed by atoms with van der Waals surface area (Å²) in [7, 11) is 0. The fourth-order valence-electron chi connectivity index (χ4n) is 1.51. The van der Waals surface area contributed by atoms with E-state index in [1.165, 1.54) is 4.68 Å². The molecule has 1 aromatic rings. The van der Waals surface area contributed by atoms with Gasteiger partial charge in [-0.25, -0.2) is 4.68 Å². The maximum absolute atomic E-state index is 11.9. The highest BCUT2D eigenvalue weighted by atomic mass is 16.1. The third-order valence-corrected chi connectivity index (χ3v) is 2.72. The summed E-state index contributed by atoms with van der Waals surface area (Å²) in [4.78, 5) is 11.9. The van der Waals surface area contributed by atoms with Gasteiger partial charge in [0.25, 0.3) is 5.56 Å². The summed E-state index contributed by atoms with van der Waals surface area (Å²) >= 11 is 0. The Morgan fingerprint density at radius 3 is 2.75 bits per heavy atom. The van der Waals surface area contributed by atoms with Crippen LogP contribution in [-0.2, 0) is 13.1 Å². The normalized spacial score (nSPS) is 12.8. The standard InChI is InChI=1S/C12H21N3O/c1-5-9(3)13-8-11-7-10(4)14-15(6-2)12(11)16/h7,9,13H,5-6,8H2,1-4H3. The molecule has 1 rings (SSSR count). The van der Waals surface area contributed by atoms with E-state index in [0.717, 1.165) is 17.7 Å². The number of aryl methyl sites for hydroxylation is 2. The molecule has 0 fully saturated rings. The molecule has 4 heteroatoms. The molecule has 0 saturated heterocycles. The summed E-state index contributed by atoms with van der Waals surface area (Å²) in [5.74, 6) is 0. The minimum Gasteiger partial charge on any atom is -0.310 e. The SMILES string of the molecule is CCC(C)NCc1cc(C)nn(CC)c1=O. The van der Waals surface area contributed by atoms with E-state index in [-0.39, 0.29) is 5.56 Å². The summed E-state index contributed by atoms with van der Waals surface area (Å²) < 4.78 is 1.52. The van der Waals surface area contributed by atoms with Gasteiger partial charge in [0.1, 0.15) is 0 Å². The zero-order valence-corrected chi connectivity index (χ0v) is 10.6. The highest BCUT2D eigenvalue weighted by Gasteiger charge is 2.06. The topological polar surface area (TPSA) is 46.9 Å². The lowest BCUT2D eigenvalue weighted by molar-refractivity contribution is 0.522. The van der Waals surface area contributed by atoms with Crippen molar-refractivity contribution in [1.29, 1.82) is 0 Å². The zero-order valence-electron chi connectivity index (χ0n) is 10.6. The van der Waals surface area contributed by atoms with Gasteiger partial charge >= 0.3 is 0 Å². The van der Waals surface area contributed by atoms with Crippen molar-refractivity contribution >= 4 is 0 Å². The molecule has 16 heavy (non-hydrogen) atoms. The van der Waals surface area contributed by atoms with Crippen LogP contribution in [0.5, 0.6) is 0 Å². The summed E-state index contributed by atoms with van der Waals surface area (Å²) in [6.07, 6.45) is 1.06. The Labute approximate surface area is 96.7 Å². The second kappa shape index (κ2) is 5.80. The van der Waals surface area contributed by atoms with Crippen LogP contribution in [0.2, 0.25) is 0 Å². The van der Waals surface area contributed by atoms with Crippen LogP contribution in [0.15, 0.2) is 10.9 Å². The van der Waals surface area contributed by atoms with Crippen LogP contribution in [0.25, 0.3) is 0 Å². The summed E-state index contributed by atoms with van der Waals surface area (Å²) in [6, 6.07) is 2.30. The first-order chi connectivity index (χ1) is 7.58. The fraction of sp³-hybridized carbons (Fsp3) is 0.667. The summed E-state index contributed by atoms with van der Waals surface area (Å²) in [5.41, 5.74) is 1.71. The molecule has 1 aromatic heterocycles. The quantitative estimate of drug-likeness (QED) is 0.822. The van der Waals surface area contributed by atoms with E-state index in [1.54, 1.807) is 0 Å². The van der Waals surface area contributed by atoms with Gasteiger partial charge in [0.2, 0.25) is 0 Å². The van der Waals surface area contributed by atoms with Gasteiger partial charge in [0, 0.05) is 24.7 Å². The van der Waals surface area contributed by atoms with Crippen molar-refractivity contribution in [3.8, 4) is 0 Å². The van der Waals surface area contributed by atoms with E-state index in [1.807, 2.05) is 19.9 Å². The van der Waals surface area contributed by atoms with Crippen molar-refractivity contribution in [1.82, 2.24) is 15.1 Å². The van der Waals surface area contributed by atoms with E-state index < -0.39 is 0 Å². The molecule has 1 unspecified atom stereocenters. The number of aromatic nitrogens is 2. The molecule has 1 N–H and O–H groups in total. The van der Waals surface area contributed by atoms with Gasteiger partial charge in [-0.3, -0.25) is 4.79 Å². The van der Waals surface area contributed by atoms with Crippen LogP contribution in [-0.4, -0.2) is 15.8 Å². The van der Waals surface area contributed by atoms with Crippen molar-refractivity contribution in [2.24, 2.45) is 0 Å². The van der Waals surface area contributed by atoms with Gasteiger partial charge in [-0.2, -0.15) is 5.10 Å². The van der Waals surface area contributed by atoms with Crippen molar-refractivity contribution in [3.05, 3.63) is 27.7 Å². The summed E-state index contributed by atoms with van der Waals surface area (Å²) in [6.45, 7) is 9.33. The minimum atomic E-state index is 0.0175. The Bertz CT molecular complexity index is 398. The first-order valence-electron chi connectivity index (χ1n) is 5.89. The van der Waals surface area contributed by atoms with E-state index in [2.05, 4.69) is 24.3 Å². The molecule has 0 aromatic carbocycles. The molecule has 1 atom stereocenters. The van der Waals surface area contributed by atoms with Crippen molar-refractivity contribution in [2.45, 2.75) is 53.2 Å². The Balaban J connectivity index is 2.87. The molecule has 0 radical (unpaired) electrons. The van der Waals surface area contributed by atoms with Gasteiger partial charge in [-0.15, -0.1) is 0 Å². The number of nitrogens with zero attached hydrogens (tertiary/aromatic N) is 2. The highest BCUT2D eigenvalue weighted by molar-refractivity contribution is 5.12. The molecule has 0 amide bonds. The van der Waals surface area contributed by atoms with Gasteiger partial charge in [0.05, 0.1) is 5.69 Å². The molecule has 0 bridgehead atoms. The third-order valence-electron chi connectivity index (χ3n) is 2.72. The molecule has 0 saturated carbocycles. The maximum atomic E-state index is 11.9. The molecule has 90 valence electrons. The number of rotatable bonds is 5. The highest BCUT2D eigenvalue weighted by Crippen LogP contribution is 1.97. The molecule has 4 nitrogen and oxygen atoms in total. The lowest BCUT2D eigenvalue weighted by Crippen LogP contribution is -2.32. The number of nitrogens with one attached hydrogen (secondary N) is 1. The van der Waals surface area contributed by atoms with Crippen LogP contribution < -0.4 is 10.9 Å². The van der Waals surface area contributed by atoms with E-state index in [4.69, 9.17) is 0 Å². The summed E-state index contributed by atoms with van der Waals surface area (Å²) in [5, 5.41) is 7.50. The Morgan fingerprint density at radius 1 is 1.50 bits per heavy atom. The minimum absolute atomic E-state index is 0.0175. The van der Waals surface area contributed by atoms with E-state index in [9.17, 15) is 4.79 Å². The van der Waals surface area contributed by atoms with E-state index >= 15 is 0 Å². The first kappa shape index (κ1) is 12.9. The predicted octanol–water partition coefficient (Wildman–Crippen LogP) is 1.46. The molecule has 0 spiro atoms. The smallest absolute Gasteiger partial charge is 0.271 e.